The largest absolute Gasteiger partial charge is 1.00 e. The molecule has 134 valence electrons. The molecule has 0 atom stereocenters. The van der Waals surface area contributed by atoms with Crippen molar-refractivity contribution < 1.29 is 56.9 Å². The molecule has 2 aliphatic rings. The van der Waals surface area contributed by atoms with E-state index in [-0.39, 0.29) is 41.3 Å². The Morgan fingerprint density at radius 1 is 1.00 bits per heavy atom. The van der Waals surface area contributed by atoms with Gasteiger partial charge in [0.1, 0.15) is 16.5 Å². The van der Waals surface area contributed by atoms with E-state index in [2.05, 4.69) is 0 Å². The van der Waals surface area contributed by atoms with Crippen molar-refractivity contribution in [3.63, 3.8) is 0 Å². The molecular weight excluding hydrogens is 371 g/mol. The minimum atomic E-state index is -4.72. The molecule has 0 N–H and O–H groups in total. The van der Waals surface area contributed by atoms with Gasteiger partial charge in [0.25, 0.3) is 0 Å². The van der Waals surface area contributed by atoms with Gasteiger partial charge in [0.2, 0.25) is 11.8 Å². The number of hydrogen-bond acceptors (Lipinski definition) is 6. The fourth-order valence-electron chi connectivity index (χ4n) is 3.35. The number of nitrogens with zero attached hydrogens (tertiary/aromatic N) is 2. The molecule has 4 amide bonds. The summed E-state index contributed by atoms with van der Waals surface area (Å²) in [5.41, 5.74) is -0.0276. The minimum Gasteiger partial charge on any atom is -0.744 e. The summed E-state index contributed by atoms with van der Waals surface area (Å²) in [6.45, 7) is 0. The molecule has 10 heteroatoms. The fourth-order valence-corrected chi connectivity index (χ4v) is 3.86. The van der Waals surface area contributed by atoms with Gasteiger partial charge in [-0.1, -0.05) is 25.3 Å². The maximum atomic E-state index is 12.8. The summed E-state index contributed by atoms with van der Waals surface area (Å²) in [5.74, 6) is -1.27. The predicted octanol–water partition coefficient (Wildman–Crippen LogP) is -1.39. The molecule has 1 aliphatic carbocycles. The van der Waals surface area contributed by atoms with Crippen molar-refractivity contribution in [2.75, 3.05) is 4.90 Å². The summed E-state index contributed by atoms with van der Waals surface area (Å²) in [6, 6.07) is 3.67. The Labute approximate surface area is 173 Å². The summed E-state index contributed by atoms with van der Waals surface area (Å²) < 4.78 is 33.6. The van der Waals surface area contributed by atoms with E-state index < -0.39 is 39.3 Å². The summed E-state index contributed by atoms with van der Waals surface area (Å²) in [7, 11) is -4.72. The number of rotatable bonds is 3. The van der Waals surface area contributed by atoms with E-state index in [1.54, 1.807) is 0 Å². The van der Waals surface area contributed by atoms with E-state index >= 15 is 0 Å². The van der Waals surface area contributed by atoms with E-state index in [0.29, 0.717) is 12.8 Å². The first kappa shape index (κ1) is 21.0. The zero-order valence-electron chi connectivity index (χ0n) is 14.4. The number of carbonyl (C=O) groups is 3. The van der Waals surface area contributed by atoms with E-state index in [0.717, 1.165) is 41.2 Å². The molecular formula is C16H17N2NaO6S. The van der Waals surface area contributed by atoms with Gasteiger partial charge in [-0.25, -0.2) is 18.1 Å². The predicted molar refractivity (Wildman–Crippen MR) is 85.6 cm³/mol. The number of imide groups is 2. The van der Waals surface area contributed by atoms with Crippen LogP contribution >= 0.6 is 0 Å². The zero-order valence-corrected chi connectivity index (χ0v) is 17.2. The average molecular weight is 388 g/mol. The van der Waals surface area contributed by atoms with Gasteiger partial charge in [0.05, 0.1) is 10.6 Å². The Bertz CT molecular complexity index is 835. The molecule has 1 aliphatic heterocycles. The van der Waals surface area contributed by atoms with Crippen LogP contribution in [0.25, 0.3) is 0 Å². The smallest absolute Gasteiger partial charge is 0.744 e. The Kier molecular flexibility index (Phi) is 6.62. The average Bonchev–Trinajstić information content (AvgIpc) is 2.55. The minimum absolute atomic E-state index is 0. The molecule has 1 aromatic carbocycles. The molecule has 0 aromatic heterocycles. The Morgan fingerprint density at radius 3 is 2.27 bits per heavy atom. The first-order valence-electron chi connectivity index (χ1n) is 8.04. The van der Waals surface area contributed by atoms with E-state index in [1.807, 2.05) is 0 Å². The Hall–Kier alpha value is -1.26. The van der Waals surface area contributed by atoms with Crippen molar-refractivity contribution in [3.05, 3.63) is 24.3 Å². The molecule has 2 fully saturated rings. The van der Waals surface area contributed by atoms with Gasteiger partial charge in [-0.15, -0.1) is 0 Å². The van der Waals surface area contributed by atoms with Crippen LogP contribution in [0.3, 0.4) is 0 Å². The van der Waals surface area contributed by atoms with Crippen LogP contribution in [-0.4, -0.2) is 41.8 Å². The van der Waals surface area contributed by atoms with Gasteiger partial charge in [0, 0.05) is 6.04 Å². The topological polar surface area (TPSA) is 115 Å². The summed E-state index contributed by atoms with van der Waals surface area (Å²) >= 11 is 0. The van der Waals surface area contributed by atoms with Crippen LogP contribution in [0.2, 0.25) is 0 Å². The Morgan fingerprint density at radius 2 is 1.65 bits per heavy atom. The molecule has 8 nitrogen and oxygen atoms in total. The van der Waals surface area contributed by atoms with Crippen molar-refractivity contribution in [3.8, 4) is 0 Å². The number of benzene rings is 1. The van der Waals surface area contributed by atoms with Crippen LogP contribution in [0.1, 0.15) is 38.5 Å². The van der Waals surface area contributed by atoms with Crippen molar-refractivity contribution in [1.29, 1.82) is 0 Å². The van der Waals surface area contributed by atoms with Crippen LogP contribution in [0, 0.1) is 0 Å². The number of hydrogen-bond donors (Lipinski definition) is 0. The number of anilines is 1. The van der Waals surface area contributed by atoms with Gasteiger partial charge < -0.3 is 4.55 Å². The second-order valence-corrected chi connectivity index (χ2v) is 7.58. The van der Waals surface area contributed by atoms with E-state index in [9.17, 15) is 27.4 Å². The maximum Gasteiger partial charge on any atom is 1.00 e. The standard InChI is InChI=1S/C16H18N2O6S.Na/c19-14-10-15(20)18(12-7-4-8-13(9-12)25(22,23)24)16(21)17(14)11-5-2-1-3-6-11;/h4,7-9,11H,1-3,5-6,10H2,(H,22,23,24);/q;+1/p-1. The fraction of sp³-hybridized carbons (Fsp3) is 0.438. The summed E-state index contributed by atoms with van der Waals surface area (Å²) in [4.78, 5) is 38.6. The molecule has 0 radical (unpaired) electrons. The van der Waals surface area contributed by atoms with Crippen LogP contribution in [-0.2, 0) is 19.7 Å². The molecule has 3 rings (SSSR count). The van der Waals surface area contributed by atoms with Crippen LogP contribution in [0.15, 0.2) is 29.2 Å². The van der Waals surface area contributed by atoms with E-state index in [1.165, 1.54) is 12.1 Å². The van der Waals surface area contributed by atoms with Gasteiger partial charge in [-0.2, -0.15) is 0 Å². The van der Waals surface area contributed by atoms with Crippen molar-refractivity contribution >= 4 is 33.7 Å². The third kappa shape index (κ3) is 4.17. The van der Waals surface area contributed by atoms with Gasteiger partial charge >= 0.3 is 35.6 Å². The summed E-state index contributed by atoms with van der Waals surface area (Å²) in [6.07, 6.45) is 3.76. The van der Waals surface area contributed by atoms with Crippen LogP contribution in [0.4, 0.5) is 10.5 Å². The molecule has 1 saturated carbocycles. The normalized spacial score (nSPS) is 19.5. The number of barbiturate groups is 1. The number of carbonyl (C=O) groups excluding carboxylic acids is 3. The van der Waals surface area contributed by atoms with Gasteiger partial charge in [-0.3, -0.25) is 14.5 Å². The van der Waals surface area contributed by atoms with Crippen molar-refractivity contribution in [1.82, 2.24) is 4.90 Å². The zero-order chi connectivity index (χ0) is 18.2. The molecule has 0 unspecified atom stereocenters. The molecule has 1 saturated heterocycles. The van der Waals surface area contributed by atoms with E-state index in [4.69, 9.17) is 0 Å². The summed E-state index contributed by atoms with van der Waals surface area (Å²) in [5, 5.41) is 0. The first-order valence-corrected chi connectivity index (χ1v) is 9.45. The monoisotopic (exact) mass is 388 g/mol. The molecule has 26 heavy (non-hydrogen) atoms. The Balaban J connectivity index is 0.00000243. The second-order valence-electron chi connectivity index (χ2n) is 6.20. The van der Waals surface area contributed by atoms with Crippen molar-refractivity contribution in [2.24, 2.45) is 0 Å². The molecule has 0 bridgehead atoms. The number of amides is 4. The quantitative estimate of drug-likeness (QED) is 0.358. The van der Waals surface area contributed by atoms with Gasteiger partial charge in [0.15, 0.2) is 0 Å². The van der Waals surface area contributed by atoms with Gasteiger partial charge in [-0.05, 0) is 31.0 Å². The molecule has 0 spiro atoms. The van der Waals surface area contributed by atoms with Crippen LogP contribution in [0.5, 0.6) is 0 Å². The molecule has 1 aromatic rings. The maximum absolute atomic E-state index is 12.8. The van der Waals surface area contributed by atoms with Crippen molar-refractivity contribution in [2.45, 2.75) is 49.5 Å². The third-order valence-electron chi connectivity index (χ3n) is 4.52. The number of urea groups is 1. The first-order chi connectivity index (χ1) is 11.8. The third-order valence-corrected chi connectivity index (χ3v) is 5.35. The molecule has 1 heterocycles. The second kappa shape index (κ2) is 8.18. The SMILES string of the molecule is O=C1CC(=O)N(C2CCCCC2)C(=O)N1c1cccc(S(=O)(=O)[O-])c1.[Na+]. The van der Waals surface area contributed by atoms with Crippen LogP contribution < -0.4 is 34.5 Å².